The quantitative estimate of drug-likeness (QED) is 0.466. The minimum Gasteiger partial charge on any atom is -0.296 e. The van der Waals surface area contributed by atoms with Crippen LogP contribution in [-0.2, 0) is 0 Å². The number of nitro benzene ring substituents is 1. The Morgan fingerprint density at radius 2 is 2.11 bits per heavy atom. The minimum absolute atomic E-state index is 0.0295. The van der Waals surface area contributed by atoms with Crippen LogP contribution in [0.2, 0.25) is 0 Å². The summed E-state index contributed by atoms with van der Waals surface area (Å²) in [6.45, 7) is 3.49. The fraction of sp³-hybridized carbons (Fsp3) is 0.182. The average Bonchev–Trinajstić information content (AvgIpc) is 2.70. The number of nitro groups is 1. The van der Waals surface area contributed by atoms with Crippen molar-refractivity contribution in [2.45, 2.75) is 13.8 Å². The maximum Gasteiger partial charge on any atom is 0.271 e. The van der Waals surface area contributed by atoms with Gasteiger partial charge in [-0.1, -0.05) is 11.3 Å². The fourth-order valence-electron chi connectivity index (χ4n) is 1.62. The molecule has 0 saturated carbocycles. The van der Waals surface area contributed by atoms with Crippen LogP contribution in [-0.4, -0.2) is 26.2 Å². The van der Waals surface area contributed by atoms with E-state index in [-0.39, 0.29) is 11.4 Å². The molecule has 7 nitrogen and oxygen atoms in total. The molecule has 1 heterocycles. The van der Waals surface area contributed by atoms with E-state index >= 15 is 0 Å². The van der Waals surface area contributed by atoms with Crippen LogP contribution in [0.1, 0.15) is 21.7 Å². The highest BCUT2D eigenvalue weighted by Crippen LogP contribution is 2.21. The van der Waals surface area contributed by atoms with Gasteiger partial charge in [-0.3, -0.25) is 14.9 Å². The Balaban J connectivity index is 2.62. The molecule has 1 aromatic carbocycles. The summed E-state index contributed by atoms with van der Waals surface area (Å²) in [5.74, 6) is 0. The predicted molar refractivity (Wildman–Crippen MR) is 62.9 cm³/mol. The SMILES string of the molecule is Cc1ccc([N+](=O)[O-])cc1-n1nnc(C=O)c1C. The zero-order chi connectivity index (χ0) is 13.3. The number of benzene rings is 1. The van der Waals surface area contributed by atoms with Crippen molar-refractivity contribution in [1.82, 2.24) is 15.0 Å². The third-order valence-corrected chi connectivity index (χ3v) is 2.67. The summed E-state index contributed by atoms with van der Waals surface area (Å²) in [5.41, 5.74) is 2.10. The number of aldehydes is 1. The van der Waals surface area contributed by atoms with E-state index in [2.05, 4.69) is 10.3 Å². The maximum atomic E-state index is 10.7. The lowest BCUT2D eigenvalue weighted by Crippen LogP contribution is -2.03. The summed E-state index contributed by atoms with van der Waals surface area (Å²) in [6, 6.07) is 4.46. The second-order valence-electron chi connectivity index (χ2n) is 3.82. The highest BCUT2D eigenvalue weighted by Gasteiger charge is 2.14. The first-order valence-electron chi connectivity index (χ1n) is 5.17. The predicted octanol–water partition coefficient (Wildman–Crippen LogP) is 1.60. The van der Waals surface area contributed by atoms with E-state index in [9.17, 15) is 14.9 Å². The smallest absolute Gasteiger partial charge is 0.271 e. The third kappa shape index (κ3) is 1.86. The monoisotopic (exact) mass is 246 g/mol. The summed E-state index contributed by atoms with van der Waals surface area (Å²) >= 11 is 0. The van der Waals surface area contributed by atoms with Gasteiger partial charge in [0.25, 0.3) is 5.69 Å². The van der Waals surface area contributed by atoms with Crippen molar-refractivity contribution >= 4 is 12.0 Å². The summed E-state index contributed by atoms with van der Waals surface area (Å²) in [5, 5.41) is 18.3. The van der Waals surface area contributed by atoms with Gasteiger partial charge in [0.2, 0.25) is 0 Å². The molecule has 0 amide bonds. The van der Waals surface area contributed by atoms with E-state index in [1.807, 2.05) is 0 Å². The van der Waals surface area contributed by atoms with Gasteiger partial charge in [-0.15, -0.1) is 5.10 Å². The Labute approximate surface area is 102 Å². The maximum absolute atomic E-state index is 10.7. The van der Waals surface area contributed by atoms with Gasteiger partial charge in [0, 0.05) is 12.1 Å². The van der Waals surface area contributed by atoms with E-state index in [0.717, 1.165) is 5.56 Å². The minimum atomic E-state index is -0.476. The van der Waals surface area contributed by atoms with Crippen LogP contribution in [0.25, 0.3) is 5.69 Å². The first-order valence-corrected chi connectivity index (χ1v) is 5.17. The van der Waals surface area contributed by atoms with E-state index in [1.165, 1.54) is 16.8 Å². The van der Waals surface area contributed by atoms with Crippen LogP contribution in [0.4, 0.5) is 5.69 Å². The first kappa shape index (κ1) is 11.9. The number of carbonyl (C=O) groups excluding carboxylic acids is 1. The highest BCUT2D eigenvalue weighted by molar-refractivity contribution is 5.73. The molecule has 0 N–H and O–H groups in total. The number of hydrogen-bond donors (Lipinski definition) is 0. The number of nitrogens with zero attached hydrogens (tertiary/aromatic N) is 4. The number of hydrogen-bond acceptors (Lipinski definition) is 5. The molecule has 0 aliphatic heterocycles. The van der Waals surface area contributed by atoms with Gasteiger partial charge in [0.15, 0.2) is 6.29 Å². The molecule has 0 bridgehead atoms. The van der Waals surface area contributed by atoms with E-state index in [1.54, 1.807) is 19.9 Å². The molecule has 0 radical (unpaired) electrons. The molecule has 1 aromatic heterocycles. The normalized spacial score (nSPS) is 10.3. The van der Waals surface area contributed by atoms with Crippen molar-refractivity contribution in [2.24, 2.45) is 0 Å². The summed E-state index contributed by atoms with van der Waals surface area (Å²) in [6.07, 6.45) is 0.603. The van der Waals surface area contributed by atoms with Gasteiger partial charge in [-0.25, -0.2) is 4.68 Å². The molecule has 7 heteroatoms. The molecule has 18 heavy (non-hydrogen) atoms. The summed E-state index contributed by atoms with van der Waals surface area (Å²) in [7, 11) is 0. The van der Waals surface area contributed by atoms with E-state index < -0.39 is 4.92 Å². The number of non-ortho nitro benzene ring substituents is 1. The van der Waals surface area contributed by atoms with Crippen LogP contribution in [0.5, 0.6) is 0 Å². The van der Waals surface area contributed by atoms with Crippen LogP contribution in [0.15, 0.2) is 18.2 Å². The van der Waals surface area contributed by atoms with Crippen molar-refractivity contribution < 1.29 is 9.72 Å². The van der Waals surface area contributed by atoms with E-state index in [0.29, 0.717) is 17.7 Å². The van der Waals surface area contributed by atoms with Gasteiger partial charge < -0.3 is 0 Å². The molecule has 0 aliphatic carbocycles. The van der Waals surface area contributed by atoms with Gasteiger partial charge in [-0.05, 0) is 19.4 Å². The molecular weight excluding hydrogens is 236 g/mol. The molecular formula is C11H10N4O3. The van der Waals surface area contributed by atoms with Crippen molar-refractivity contribution in [2.75, 3.05) is 0 Å². The molecule has 0 aliphatic rings. The largest absolute Gasteiger partial charge is 0.296 e. The van der Waals surface area contributed by atoms with Crippen LogP contribution < -0.4 is 0 Å². The lowest BCUT2D eigenvalue weighted by Gasteiger charge is -2.06. The number of aryl methyl sites for hydroxylation is 1. The molecule has 0 atom stereocenters. The molecule has 0 fully saturated rings. The Morgan fingerprint density at radius 3 is 2.67 bits per heavy atom. The van der Waals surface area contributed by atoms with Gasteiger partial charge >= 0.3 is 0 Å². The summed E-state index contributed by atoms with van der Waals surface area (Å²) in [4.78, 5) is 21.0. The number of carbonyl (C=O) groups is 1. The van der Waals surface area contributed by atoms with Crippen LogP contribution in [0.3, 0.4) is 0 Å². The van der Waals surface area contributed by atoms with E-state index in [4.69, 9.17) is 0 Å². The third-order valence-electron chi connectivity index (χ3n) is 2.67. The second kappa shape index (κ2) is 4.36. The van der Waals surface area contributed by atoms with Gasteiger partial charge in [0.05, 0.1) is 16.3 Å². The highest BCUT2D eigenvalue weighted by atomic mass is 16.6. The zero-order valence-corrected chi connectivity index (χ0v) is 9.82. The molecule has 0 spiro atoms. The molecule has 2 aromatic rings. The zero-order valence-electron chi connectivity index (χ0n) is 9.82. The van der Waals surface area contributed by atoms with Crippen LogP contribution in [0, 0.1) is 24.0 Å². The molecule has 92 valence electrons. The Hall–Kier alpha value is -2.57. The summed E-state index contributed by atoms with van der Waals surface area (Å²) < 4.78 is 1.42. The molecule has 2 rings (SSSR count). The van der Waals surface area contributed by atoms with Crippen molar-refractivity contribution in [3.8, 4) is 5.69 Å². The van der Waals surface area contributed by atoms with Crippen molar-refractivity contribution in [3.05, 3.63) is 45.3 Å². The van der Waals surface area contributed by atoms with Crippen molar-refractivity contribution in [3.63, 3.8) is 0 Å². The van der Waals surface area contributed by atoms with Gasteiger partial charge in [0.1, 0.15) is 5.69 Å². The molecule has 0 saturated heterocycles. The Bertz CT molecular complexity index is 633. The van der Waals surface area contributed by atoms with Crippen molar-refractivity contribution in [1.29, 1.82) is 0 Å². The van der Waals surface area contributed by atoms with Gasteiger partial charge in [-0.2, -0.15) is 0 Å². The Morgan fingerprint density at radius 1 is 1.39 bits per heavy atom. The fourth-order valence-corrected chi connectivity index (χ4v) is 1.62. The number of rotatable bonds is 3. The standard InChI is InChI=1S/C11H10N4O3/c1-7-3-4-9(15(17)18)5-11(7)14-8(2)10(6-16)12-13-14/h3-6H,1-2H3. The molecule has 0 unspecified atom stereocenters. The Kier molecular flexibility index (Phi) is 2.88. The average molecular weight is 246 g/mol. The van der Waals surface area contributed by atoms with Crippen LogP contribution >= 0.6 is 0 Å². The second-order valence-corrected chi connectivity index (χ2v) is 3.82. The first-order chi connectivity index (χ1) is 8.54. The number of aromatic nitrogens is 3. The lowest BCUT2D eigenvalue weighted by atomic mass is 10.2. The lowest BCUT2D eigenvalue weighted by molar-refractivity contribution is -0.384. The topological polar surface area (TPSA) is 90.9 Å².